The zero-order valence-electron chi connectivity index (χ0n) is 13.3. The molecule has 1 saturated carbocycles. The number of para-hydroxylation sites is 1. The summed E-state index contributed by atoms with van der Waals surface area (Å²) in [5.41, 5.74) is 3.65. The minimum absolute atomic E-state index is 0.640. The maximum absolute atomic E-state index is 4.78. The van der Waals surface area contributed by atoms with Crippen LogP contribution in [0.4, 0.5) is 5.13 Å². The monoisotopic (exact) mass is 337 g/mol. The highest BCUT2D eigenvalue weighted by Gasteiger charge is 2.21. The number of aromatic nitrogens is 4. The van der Waals surface area contributed by atoms with Gasteiger partial charge in [-0.1, -0.05) is 42.4 Å². The highest BCUT2D eigenvalue weighted by atomic mass is 32.1. The number of imidazole rings is 1. The second-order valence-electron chi connectivity index (χ2n) is 6.49. The summed E-state index contributed by atoms with van der Waals surface area (Å²) >= 11 is 1.62. The third-order valence-electron chi connectivity index (χ3n) is 4.94. The Balaban J connectivity index is 1.35. The van der Waals surface area contributed by atoms with Gasteiger partial charge in [0.2, 0.25) is 10.1 Å². The van der Waals surface area contributed by atoms with Gasteiger partial charge < -0.3 is 10.3 Å². The van der Waals surface area contributed by atoms with E-state index in [4.69, 9.17) is 4.98 Å². The molecule has 0 amide bonds. The molecule has 5 nitrogen and oxygen atoms in total. The largest absolute Gasteiger partial charge is 0.361 e. The van der Waals surface area contributed by atoms with Gasteiger partial charge in [0.15, 0.2) is 0 Å². The number of anilines is 1. The number of aromatic amines is 1. The first-order valence-corrected chi connectivity index (χ1v) is 9.33. The van der Waals surface area contributed by atoms with E-state index in [1.807, 2.05) is 10.7 Å². The Morgan fingerprint density at radius 2 is 2.17 bits per heavy atom. The first-order chi connectivity index (χ1) is 11.9. The Kier molecular flexibility index (Phi) is 3.29. The van der Waals surface area contributed by atoms with Gasteiger partial charge in [-0.2, -0.15) is 0 Å². The number of hydrogen-bond donors (Lipinski definition) is 2. The normalized spacial score (nSPS) is 15.7. The van der Waals surface area contributed by atoms with Gasteiger partial charge in [0.1, 0.15) is 0 Å². The molecule has 1 aliphatic carbocycles. The van der Waals surface area contributed by atoms with Gasteiger partial charge in [-0.3, -0.25) is 0 Å². The lowest BCUT2D eigenvalue weighted by molar-refractivity contribution is 0.702. The summed E-state index contributed by atoms with van der Waals surface area (Å²) < 4.78 is 1.93. The van der Waals surface area contributed by atoms with Gasteiger partial charge in [0, 0.05) is 18.7 Å². The third-order valence-corrected chi connectivity index (χ3v) is 5.82. The summed E-state index contributed by atoms with van der Waals surface area (Å²) in [6, 6.07) is 8.46. The smallest absolute Gasteiger partial charge is 0.214 e. The maximum atomic E-state index is 4.78. The molecule has 0 saturated heterocycles. The first-order valence-electron chi connectivity index (χ1n) is 8.52. The predicted molar refractivity (Wildman–Crippen MR) is 97.7 cm³/mol. The fourth-order valence-electron chi connectivity index (χ4n) is 3.67. The zero-order chi connectivity index (χ0) is 15.9. The first kappa shape index (κ1) is 14.0. The fraction of sp³-hybridized carbons (Fsp3) is 0.333. The summed E-state index contributed by atoms with van der Waals surface area (Å²) in [6.45, 7) is 0.754. The molecule has 1 fully saturated rings. The summed E-state index contributed by atoms with van der Waals surface area (Å²) in [7, 11) is 0. The molecule has 0 bridgehead atoms. The quantitative estimate of drug-likeness (QED) is 0.575. The topological polar surface area (TPSA) is 58.0 Å². The number of H-pyrrole nitrogens is 1. The predicted octanol–water partition coefficient (Wildman–Crippen LogP) is 4.54. The third kappa shape index (κ3) is 2.38. The maximum Gasteiger partial charge on any atom is 0.214 e. The van der Waals surface area contributed by atoms with Crippen molar-refractivity contribution >= 4 is 32.3 Å². The van der Waals surface area contributed by atoms with Crippen LogP contribution in [-0.4, -0.2) is 19.6 Å². The molecule has 0 atom stereocenters. The van der Waals surface area contributed by atoms with Crippen molar-refractivity contribution in [2.75, 3.05) is 5.32 Å². The van der Waals surface area contributed by atoms with Crippen LogP contribution in [0.15, 0.2) is 36.7 Å². The van der Waals surface area contributed by atoms with Crippen LogP contribution < -0.4 is 5.32 Å². The van der Waals surface area contributed by atoms with Gasteiger partial charge in [-0.15, -0.1) is 5.10 Å². The van der Waals surface area contributed by atoms with Crippen molar-refractivity contribution in [3.05, 3.63) is 47.9 Å². The molecule has 122 valence electrons. The summed E-state index contributed by atoms with van der Waals surface area (Å²) in [5, 5.41) is 10.2. The molecule has 0 radical (unpaired) electrons. The van der Waals surface area contributed by atoms with E-state index >= 15 is 0 Å². The van der Waals surface area contributed by atoms with Gasteiger partial charge in [0.25, 0.3) is 0 Å². The minimum Gasteiger partial charge on any atom is -0.361 e. The Morgan fingerprint density at radius 1 is 1.25 bits per heavy atom. The highest BCUT2D eigenvalue weighted by molar-refractivity contribution is 7.20. The van der Waals surface area contributed by atoms with Gasteiger partial charge in [-0.25, -0.2) is 9.50 Å². The molecule has 24 heavy (non-hydrogen) atoms. The number of rotatable bonds is 4. The second-order valence-corrected chi connectivity index (χ2v) is 7.45. The second kappa shape index (κ2) is 5.63. The molecule has 1 aliphatic rings. The number of nitrogens with one attached hydrogen (secondary N) is 2. The van der Waals surface area contributed by atoms with Crippen molar-refractivity contribution in [3.8, 4) is 0 Å². The molecule has 2 N–H and O–H groups in total. The molecule has 3 aromatic heterocycles. The van der Waals surface area contributed by atoms with Crippen LogP contribution >= 0.6 is 11.3 Å². The Bertz CT molecular complexity index is 958. The van der Waals surface area contributed by atoms with E-state index in [1.165, 1.54) is 47.8 Å². The van der Waals surface area contributed by atoms with Gasteiger partial charge in [0.05, 0.1) is 17.4 Å². The van der Waals surface area contributed by atoms with Crippen LogP contribution in [0.5, 0.6) is 0 Å². The summed E-state index contributed by atoms with van der Waals surface area (Å²) in [5.74, 6) is 0.640. The fourth-order valence-corrected chi connectivity index (χ4v) is 4.46. The molecule has 1 aromatic carbocycles. The van der Waals surface area contributed by atoms with Crippen molar-refractivity contribution in [1.82, 2.24) is 19.6 Å². The average molecular weight is 337 g/mol. The minimum atomic E-state index is 0.640. The van der Waals surface area contributed by atoms with Crippen LogP contribution in [0, 0.1) is 0 Å². The van der Waals surface area contributed by atoms with E-state index in [0.717, 1.165) is 16.6 Å². The summed E-state index contributed by atoms with van der Waals surface area (Å²) in [4.78, 5) is 9.08. The average Bonchev–Trinajstić information content (AvgIpc) is 3.34. The molecule has 4 aromatic rings. The van der Waals surface area contributed by atoms with Crippen molar-refractivity contribution in [2.45, 2.75) is 38.1 Å². The van der Waals surface area contributed by atoms with E-state index in [9.17, 15) is 0 Å². The lowest BCUT2D eigenvalue weighted by Gasteiger charge is -2.04. The van der Waals surface area contributed by atoms with Crippen molar-refractivity contribution in [3.63, 3.8) is 0 Å². The molecular formula is C18H19N5S. The molecule has 0 aliphatic heterocycles. The van der Waals surface area contributed by atoms with Crippen LogP contribution in [-0.2, 0) is 6.54 Å². The standard InChI is InChI=1S/C18H19N5S/c1-2-5-12(4-1)15-11-23-18(21-15)24-17(22-23)20-10-14-7-3-6-13-8-9-19-16(13)14/h3,6-9,11-12,19H,1-2,4-5,10H2,(H,20,22). The van der Waals surface area contributed by atoms with Gasteiger partial charge >= 0.3 is 0 Å². The Morgan fingerprint density at radius 3 is 3.04 bits per heavy atom. The molecule has 6 heteroatoms. The van der Waals surface area contributed by atoms with Crippen LogP contribution in [0.2, 0.25) is 0 Å². The number of benzene rings is 1. The molecule has 3 heterocycles. The lowest BCUT2D eigenvalue weighted by Crippen LogP contribution is -2.00. The van der Waals surface area contributed by atoms with Crippen LogP contribution in [0.1, 0.15) is 42.9 Å². The molecule has 0 spiro atoms. The van der Waals surface area contributed by atoms with E-state index in [1.54, 1.807) is 11.3 Å². The van der Waals surface area contributed by atoms with Crippen molar-refractivity contribution in [2.24, 2.45) is 0 Å². The Labute approximate surface area is 143 Å². The van der Waals surface area contributed by atoms with Crippen molar-refractivity contribution in [1.29, 1.82) is 0 Å². The van der Waals surface area contributed by atoms with Crippen LogP contribution in [0.3, 0.4) is 0 Å². The zero-order valence-corrected chi connectivity index (χ0v) is 14.1. The van der Waals surface area contributed by atoms with Gasteiger partial charge in [-0.05, 0) is 29.9 Å². The van der Waals surface area contributed by atoms with E-state index in [0.29, 0.717) is 5.92 Å². The van der Waals surface area contributed by atoms with E-state index in [-0.39, 0.29) is 0 Å². The SMILES string of the molecule is c1cc(CNc2nn3cc(C4CCCC4)nc3s2)c2[nH]ccc2c1. The Hall–Kier alpha value is -2.34. The molecular weight excluding hydrogens is 318 g/mol. The van der Waals surface area contributed by atoms with Crippen LogP contribution in [0.25, 0.3) is 15.9 Å². The van der Waals surface area contributed by atoms with E-state index in [2.05, 4.69) is 45.9 Å². The van der Waals surface area contributed by atoms with E-state index < -0.39 is 0 Å². The highest BCUT2D eigenvalue weighted by Crippen LogP contribution is 2.34. The lowest BCUT2D eigenvalue weighted by atomic mass is 10.1. The molecule has 0 unspecified atom stereocenters. The van der Waals surface area contributed by atoms with Crippen molar-refractivity contribution < 1.29 is 0 Å². The number of nitrogens with zero attached hydrogens (tertiary/aromatic N) is 3. The summed E-state index contributed by atoms with van der Waals surface area (Å²) in [6.07, 6.45) is 9.31. The number of fused-ring (bicyclic) bond motifs is 2. The molecule has 5 rings (SSSR count). The number of hydrogen-bond acceptors (Lipinski definition) is 4.